The van der Waals surface area contributed by atoms with E-state index in [-0.39, 0.29) is 18.6 Å². The number of nitrogens with one attached hydrogen (secondary N) is 3. The summed E-state index contributed by atoms with van der Waals surface area (Å²) in [6.45, 7) is 5.14. The van der Waals surface area contributed by atoms with Crippen LogP contribution in [0.2, 0.25) is 5.02 Å². The summed E-state index contributed by atoms with van der Waals surface area (Å²) in [6.07, 6.45) is 0. The summed E-state index contributed by atoms with van der Waals surface area (Å²) in [6, 6.07) is 11.2. The molecule has 0 saturated carbocycles. The zero-order valence-electron chi connectivity index (χ0n) is 17.8. The Labute approximate surface area is 187 Å². The molecular weight excluding hydrogens is 440 g/mol. The molecular formula is C21H27ClN4O4S. The standard InChI is InChI=1S/C21H27ClN4O4S/c1-13-5-8-17(9-6-13)26(31(28,29)21-14(2)24-25-15(21)3)12-20(27)23-16-7-10-19(30-4)18(22)11-16/h5-11,14-15,21,24-25H,12H2,1-4H3,(H,23,27). The number of anilines is 2. The average Bonchev–Trinajstić information content (AvgIpc) is 3.06. The Morgan fingerprint density at radius 2 is 1.74 bits per heavy atom. The summed E-state index contributed by atoms with van der Waals surface area (Å²) in [7, 11) is -2.37. The number of nitrogens with zero attached hydrogens (tertiary/aromatic N) is 1. The van der Waals surface area contributed by atoms with Gasteiger partial charge < -0.3 is 10.1 Å². The fraction of sp³-hybridized carbons (Fsp3) is 0.381. The van der Waals surface area contributed by atoms with Crippen LogP contribution in [0.5, 0.6) is 5.75 Å². The Hall–Kier alpha value is -2.33. The molecule has 1 amide bonds. The Kier molecular flexibility index (Phi) is 7.10. The van der Waals surface area contributed by atoms with Crippen molar-refractivity contribution in [2.45, 2.75) is 38.1 Å². The van der Waals surface area contributed by atoms with Gasteiger partial charge in [-0.25, -0.2) is 8.42 Å². The van der Waals surface area contributed by atoms with E-state index in [1.165, 1.54) is 11.4 Å². The lowest BCUT2D eigenvalue weighted by molar-refractivity contribution is -0.114. The maximum atomic E-state index is 13.6. The van der Waals surface area contributed by atoms with Crippen molar-refractivity contribution in [3.63, 3.8) is 0 Å². The van der Waals surface area contributed by atoms with Crippen LogP contribution >= 0.6 is 11.6 Å². The molecule has 168 valence electrons. The molecule has 0 spiro atoms. The minimum atomic E-state index is -3.87. The first-order chi connectivity index (χ1) is 14.6. The normalized spacial score (nSPS) is 21.0. The highest BCUT2D eigenvalue weighted by Gasteiger charge is 2.44. The number of aryl methyl sites for hydroxylation is 1. The second-order valence-electron chi connectivity index (χ2n) is 7.62. The minimum Gasteiger partial charge on any atom is -0.495 e. The largest absolute Gasteiger partial charge is 0.495 e. The molecule has 2 aromatic rings. The van der Waals surface area contributed by atoms with E-state index >= 15 is 0 Å². The van der Waals surface area contributed by atoms with E-state index in [1.54, 1.807) is 44.2 Å². The summed E-state index contributed by atoms with van der Waals surface area (Å²) in [4.78, 5) is 12.8. The van der Waals surface area contributed by atoms with Crippen molar-refractivity contribution >= 4 is 38.9 Å². The number of halogens is 1. The summed E-state index contributed by atoms with van der Waals surface area (Å²) in [5.74, 6) is -0.00246. The van der Waals surface area contributed by atoms with Crippen molar-refractivity contribution in [1.29, 1.82) is 0 Å². The zero-order valence-corrected chi connectivity index (χ0v) is 19.4. The molecule has 1 heterocycles. The molecule has 10 heteroatoms. The van der Waals surface area contributed by atoms with Crippen molar-refractivity contribution in [3.8, 4) is 5.75 Å². The Morgan fingerprint density at radius 1 is 1.13 bits per heavy atom. The maximum Gasteiger partial charge on any atom is 0.245 e. The van der Waals surface area contributed by atoms with Crippen LogP contribution in [-0.2, 0) is 14.8 Å². The molecule has 31 heavy (non-hydrogen) atoms. The van der Waals surface area contributed by atoms with E-state index in [2.05, 4.69) is 16.2 Å². The number of carbonyl (C=O) groups excluding carboxylic acids is 1. The van der Waals surface area contributed by atoms with Crippen LogP contribution in [0, 0.1) is 6.92 Å². The van der Waals surface area contributed by atoms with Crippen molar-refractivity contribution in [2.24, 2.45) is 0 Å². The van der Waals surface area contributed by atoms with Gasteiger partial charge in [-0.2, -0.15) is 0 Å². The van der Waals surface area contributed by atoms with Gasteiger partial charge in [0, 0.05) is 17.8 Å². The molecule has 3 N–H and O–H groups in total. The number of rotatable bonds is 7. The van der Waals surface area contributed by atoms with Crippen LogP contribution in [0.15, 0.2) is 42.5 Å². The van der Waals surface area contributed by atoms with Gasteiger partial charge in [0.05, 0.1) is 17.8 Å². The number of ether oxygens (including phenoxy) is 1. The van der Waals surface area contributed by atoms with Gasteiger partial charge in [0.1, 0.15) is 17.5 Å². The number of sulfonamides is 1. The highest BCUT2D eigenvalue weighted by atomic mass is 35.5. The first-order valence-electron chi connectivity index (χ1n) is 9.86. The van der Waals surface area contributed by atoms with E-state index in [0.717, 1.165) is 5.56 Å². The number of benzene rings is 2. The quantitative estimate of drug-likeness (QED) is 0.580. The van der Waals surface area contributed by atoms with Gasteiger partial charge in [-0.05, 0) is 51.1 Å². The lowest BCUT2D eigenvalue weighted by atomic mass is 10.2. The van der Waals surface area contributed by atoms with Gasteiger partial charge in [0.15, 0.2) is 0 Å². The third kappa shape index (κ3) is 5.12. The van der Waals surface area contributed by atoms with E-state index in [9.17, 15) is 13.2 Å². The number of methoxy groups -OCH3 is 1. The van der Waals surface area contributed by atoms with E-state index in [4.69, 9.17) is 16.3 Å². The summed E-state index contributed by atoms with van der Waals surface area (Å²) in [5.41, 5.74) is 7.80. The molecule has 1 aliphatic heterocycles. The number of hydrazine groups is 1. The van der Waals surface area contributed by atoms with Crippen molar-refractivity contribution in [3.05, 3.63) is 53.1 Å². The Bertz CT molecular complexity index is 1040. The lowest BCUT2D eigenvalue weighted by Crippen LogP contribution is -2.49. The van der Waals surface area contributed by atoms with Gasteiger partial charge >= 0.3 is 0 Å². The van der Waals surface area contributed by atoms with E-state index in [1.807, 2.05) is 19.1 Å². The molecule has 0 radical (unpaired) electrons. The number of hydrogen-bond donors (Lipinski definition) is 3. The smallest absolute Gasteiger partial charge is 0.245 e. The van der Waals surface area contributed by atoms with Crippen LogP contribution in [0.3, 0.4) is 0 Å². The molecule has 1 fully saturated rings. The third-order valence-electron chi connectivity index (χ3n) is 5.22. The molecule has 8 nitrogen and oxygen atoms in total. The van der Waals surface area contributed by atoms with Gasteiger partial charge in [-0.1, -0.05) is 29.3 Å². The highest BCUT2D eigenvalue weighted by molar-refractivity contribution is 7.93. The van der Waals surface area contributed by atoms with Crippen molar-refractivity contribution < 1.29 is 17.9 Å². The second-order valence-corrected chi connectivity index (χ2v) is 10.0. The Morgan fingerprint density at radius 3 is 2.29 bits per heavy atom. The van der Waals surface area contributed by atoms with Gasteiger partial charge in [-0.3, -0.25) is 20.0 Å². The highest BCUT2D eigenvalue weighted by Crippen LogP contribution is 2.28. The lowest BCUT2D eigenvalue weighted by Gasteiger charge is -2.30. The summed E-state index contributed by atoms with van der Waals surface area (Å²) >= 11 is 6.12. The molecule has 0 aliphatic carbocycles. The zero-order chi connectivity index (χ0) is 22.8. The number of amides is 1. The number of hydrogen-bond acceptors (Lipinski definition) is 6. The molecule has 1 aliphatic rings. The van der Waals surface area contributed by atoms with Crippen LogP contribution in [0.1, 0.15) is 19.4 Å². The fourth-order valence-electron chi connectivity index (χ4n) is 3.64. The van der Waals surface area contributed by atoms with Crippen LogP contribution < -0.4 is 25.2 Å². The van der Waals surface area contributed by atoms with Gasteiger partial charge in [-0.15, -0.1) is 0 Å². The van der Waals surface area contributed by atoms with Gasteiger partial charge in [0.2, 0.25) is 15.9 Å². The topological polar surface area (TPSA) is 99.8 Å². The number of carbonyl (C=O) groups is 1. The monoisotopic (exact) mass is 466 g/mol. The molecule has 3 rings (SSSR count). The maximum absolute atomic E-state index is 13.6. The predicted octanol–water partition coefficient (Wildman–Crippen LogP) is 2.69. The second kappa shape index (κ2) is 9.44. The predicted molar refractivity (Wildman–Crippen MR) is 123 cm³/mol. The summed E-state index contributed by atoms with van der Waals surface area (Å²) < 4.78 is 33.5. The van der Waals surface area contributed by atoms with Crippen molar-refractivity contribution in [2.75, 3.05) is 23.3 Å². The molecule has 0 aromatic heterocycles. The fourth-order valence-corrected chi connectivity index (χ4v) is 6.07. The van der Waals surface area contributed by atoms with Crippen molar-refractivity contribution in [1.82, 2.24) is 10.9 Å². The summed E-state index contributed by atoms with van der Waals surface area (Å²) in [5, 5.41) is 2.32. The molecule has 2 atom stereocenters. The molecule has 0 bridgehead atoms. The van der Waals surface area contributed by atoms with Crippen LogP contribution in [0.25, 0.3) is 0 Å². The van der Waals surface area contributed by atoms with Crippen LogP contribution in [-0.4, -0.2) is 45.3 Å². The average molecular weight is 467 g/mol. The minimum absolute atomic E-state index is 0.323. The first-order valence-corrected chi connectivity index (χ1v) is 11.7. The third-order valence-corrected chi connectivity index (χ3v) is 7.97. The van der Waals surface area contributed by atoms with Crippen LogP contribution in [0.4, 0.5) is 11.4 Å². The first kappa shape index (κ1) is 23.3. The molecule has 2 unspecified atom stereocenters. The van der Waals surface area contributed by atoms with E-state index < -0.39 is 21.2 Å². The molecule has 1 saturated heterocycles. The Balaban J connectivity index is 1.89. The SMILES string of the molecule is COc1ccc(NC(=O)CN(c2ccc(C)cc2)S(=O)(=O)C2C(C)NNC2C)cc1Cl. The van der Waals surface area contributed by atoms with E-state index in [0.29, 0.717) is 22.1 Å². The molecule has 2 aromatic carbocycles. The van der Waals surface area contributed by atoms with Gasteiger partial charge in [0.25, 0.3) is 0 Å².